The molecule has 5 heterocycles. The fraction of sp³-hybridized carbons (Fsp3) is 0.793. The first-order valence-electron chi connectivity index (χ1n) is 40.2. The number of hydrogen-bond acceptors (Lipinski definition) is 29. The van der Waals surface area contributed by atoms with Gasteiger partial charge < -0.3 is 119 Å². The Morgan fingerprint density at radius 1 is 0.622 bits per heavy atom. The van der Waals surface area contributed by atoms with Crippen molar-refractivity contribution in [2.45, 2.75) is 376 Å². The van der Waals surface area contributed by atoms with Crippen molar-refractivity contribution in [2.75, 3.05) is 0 Å². The Morgan fingerprint density at radius 2 is 1.24 bits per heavy atom. The van der Waals surface area contributed by atoms with E-state index in [1.807, 2.05) is 6.92 Å². The van der Waals surface area contributed by atoms with E-state index in [0.29, 0.717) is 36.8 Å². The van der Waals surface area contributed by atoms with Crippen molar-refractivity contribution in [1.29, 1.82) is 0 Å². The van der Waals surface area contributed by atoms with E-state index in [4.69, 9.17) is 42.6 Å². The molecule has 2 bridgehead atoms. The van der Waals surface area contributed by atoms with Gasteiger partial charge in [0.2, 0.25) is 11.6 Å². The number of carbonyl (C=O) groups is 5. The van der Waals surface area contributed by atoms with Crippen LogP contribution in [0.25, 0.3) is 0 Å². The van der Waals surface area contributed by atoms with Crippen molar-refractivity contribution in [2.24, 2.45) is 35.5 Å². The second kappa shape index (κ2) is 42.6. The number of aliphatic hydroxyl groups excluding tert-OH is 13. The van der Waals surface area contributed by atoms with Gasteiger partial charge in [0.25, 0.3) is 0 Å². The van der Waals surface area contributed by atoms with E-state index >= 15 is 0 Å². The van der Waals surface area contributed by atoms with Crippen LogP contribution in [0.2, 0.25) is 0 Å². The monoisotopic (exact) mass is 1580 g/mol. The number of carbonyl (C=O) groups excluding carboxylic acids is 5. The third-order valence-corrected chi connectivity index (χ3v) is 23.4. The average molecular weight is 1580 g/mol. The summed E-state index contributed by atoms with van der Waals surface area (Å²) in [5.74, 6) is -10.9. The standard InChI is InChI=1S/C82H130O29/c1-13-66(106-70-40-81(12,101)79(50(11)105-70)109-69-38-65(93)77(49(10)104-69)110-80(100)47(8)76(108-68-30-29-63(91)48(9)103-68)51-25-28-61-62(32-51)64(92)31-43(4)71(61)95)44(5)73(97)45(6)74(98)46(7)75-42(3)24-27-53(84)18-15-20-56(87)34-57(88)35-58(89)36-60-37-59(90)39-82(102,111-60)78(99)72(96)41(2)23-26-52(83)17-14-19-54(85)33-55(86)21-16-22-67(94)107-75/h16,22,24-25,27-28,31-32,41-42,44-50,52-60,63,65-66,68-70,72-77,79,83-91,93,96-98,101-102H,13-15,17-21,23,26,29-30,33-40H2,1-12H3/b22-16+,27-24+/t41-,42+,44+,45-,46+,47-,48+,49+,50+,52-,53+,54-,55+,56-,57-,58+,59+,60-,63+,65+,66+,68+,69+,70+,72+,73+,74+,75+,76+,77-,79-,81-,82-/m1/s1. The highest BCUT2D eigenvalue weighted by molar-refractivity contribution is 6.24. The molecule has 0 amide bonds. The van der Waals surface area contributed by atoms with Gasteiger partial charge in [-0.25, -0.2) is 4.79 Å². The summed E-state index contributed by atoms with van der Waals surface area (Å²) in [6.07, 6.45) is -18.7. The van der Waals surface area contributed by atoms with E-state index in [2.05, 4.69) is 0 Å². The van der Waals surface area contributed by atoms with Gasteiger partial charge in [0, 0.05) is 72.1 Å². The van der Waals surface area contributed by atoms with E-state index in [0.717, 1.165) is 6.08 Å². The fourth-order valence-electron chi connectivity index (χ4n) is 16.5. The third kappa shape index (κ3) is 26.5. The molecule has 29 nitrogen and oxygen atoms in total. The van der Waals surface area contributed by atoms with Gasteiger partial charge in [-0.05, 0) is 174 Å². The molecule has 15 N–H and O–H groups in total. The summed E-state index contributed by atoms with van der Waals surface area (Å²) in [6, 6.07) is 4.63. The summed E-state index contributed by atoms with van der Waals surface area (Å²) in [5.41, 5.74) is -0.593. The summed E-state index contributed by atoms with van der Waals surface area (Å²) in [7, 11) is 0. The van der Waals surface area contributed by atoms with E-state index in [1.165, 1.54) is 30.4 Å². The van der Waals surface area contributed by atoms with E-state index in [-0.39, 0.29) is 119 Å². The molecule has 0 radical (unpaired) electrons. The molecule has 632 valence electrons. The lowest BCUT2D eigenvalue weighted by atomic mass is 9.78. The highest BCUT2D eigenvalue weighted by Gasteiger charge is 2.52. The smallest absolute Gasteiger partial charge is 0.330 e. The minimum atomic E-state index is -2.58. The number of benzene rings is 1. The molecule has 6 aliphatic rings. The third-order valence-electron chi connectivity index (χ3n) is 23.4. The molecule has 0 saturated carbocycles. The van der Waals surface area contributed by atoms with Crippen LogP contribution in [0.1, 0.15) is 244 Å². The zero-order valence-electron chi connectivity index (χ0n) is 66.6. The van der Waals surface area contributed by atoms with Crippen LogP contribution in [-0.4, -0.2) is 264 Å². The van der Waals surface area contributed by atoms with Crippen molar-refractivity contribution >= 4 is 29.3 Å². The number of Topliss-reactive ketones (excluding diaryl/α,β-unsaturated/α-hetero) is 2. The first kappa shape index (κ1) is 93.7. The fourth-order valence-corrected chi connectivity index (χ4v) is 16.5. The molecule has 29 heteroatoms. The van der Waals surface area contributed by atoms with Crippen LogP contribution in [-0.2, 0) is 57.0 Å². The summed E-state index contributed by atoms with van der Waals surface area (Å²) in [6.45, 7) is 19.8. The number of allylic oxidation sites excluding steroid dienone is 2. The minimum Gasteiger partial charge on any atom is -0.458 e. The second-order valence-corrected chi connectivity index (χ2v) is 33.2. The Bertz CT molecular complexity index is 3200. The first-order valence-corrected chi connectivity index (χ1v) is 40.2. The summed E-state index contributed by atoms with van der Waals surface area (Å²) < 4.78 is 55.7. The van der Waals surface area contributed by atoms with Gasteiger partial charge >= 0.3 is 11.9 Å². The van der Waals surface area contributed by atoms with Gasteiger partial charge in [0.1, 0.15) is 18.3 Å². The predicted octanol–water partition coefficient (Wildman–Crippen LogP) is 4.76. The van der Waals surface area contributed by atoms with Crippen molar-refractivity contribution in [3.8, 4) is 0 Å². The quantitative estimate of drug-likeness (QED) is 0.0738. The van der Waals surface area contributed by atoms with E-state index in [9.17, 15) is 101 Å². The number of aliphatic hydroxyl groups is 15. The van der Waals surface area contributed by atoms with Crippen LogP contribution >= 0.6 is 0 Å². The molecule has 33 atom stereocenters. The van der Waals surface area contributed by atoms with E-state index in [1.54, 1.807) is 88.3 Å². The Labute approximate surface area is 652 Å². The van der Waals surface area contributed by atoms with Gasteiger partial charge in [-0.1, -0.05) is 65.8 Å². The predicted molar refractivity (Wildman–Crippen MR) is 400 cm³/mol. The molecule has 7 rings (SSSR count). The Morgan fingerprint density at radius 3 is 1.90 bits per heavy atom. The minimum absolute atomic E-state index is 0.0583. The Hall–Kier alpha value is -4.49. The van der Waals surface area contributed by atoms with Crippen molar-refractivity contribution in [3.05, 3.63) is 70.8 Å². The summed E-state index contributed by atoms with van der Waals surface area (Å²) >= 11 is 0. The van der Waals surface area contributed by atoms with Crippen LogP contribution in [0.15, 0.2) is 54.2 Å². The Kier molecular flexibility index (Phi) is 35.9. The summed E-state index contributed by atoms with van der Waals surface area (Å²) in [4.78, 5) is 67.6. The highest BCUT2D eigenvalue weighted by atomic mass is 16.7. The van der Waals surface area contributed by atoms with Gasteiger partial charge in [-0.3, -0.25) is 19.2 Å². The average Bonchev–Trinajstić information content (AvgIpc) is 0.800. The number of cyclic esters (lactones) is 1. The number of ether oxygens (including phenoxy) is 9. The zero-order chi connectivity index (χ0) is 82.3. The Balaban J connectivity index is 0.951. The van der Waals surface area contributed by atoms with Gasteiger partial charge in [-0.15, -0.1) is 0 Å². The lowest BCUT2D eigenvalue weighted by Gasteiger charge is -2.47. The molecule has 4 fully saturated rings. The number of rotatable bonds is 17. The van der Waals surface area contributed by atoms with Crippen LogP contribution in [0.5, 0.6) is 0 Å². The zero-order valence-corrected chi connectivity index (χ0v) is 66.6. The first-order chi connectivity index (χ1) is 52.1. The molecule has 1 aromatic carbocycles. The molecule has 4 saturated heterocycles. The molecule has 0 aromatic heterocycles. The lowest BCUT2D eigenvalue weighted by Crippen LogP contribution is -2.59. The molecule has 1 aliphatic carbocycles. The second-order valence-electron chi connectivity index (χ2n) is 33.2. The number of ketones is 3. The van der Waals surface area contributed by atoms with Crippen LogP contribution in [0.3, 0.4) is 0 Å². The largest absolute Gasteiger partial charge is 0.458 e. The number of hydrogen-bond donors (Lipinski definition) is 15. The lowest BCUT2D eigenvalue weighted by molar-refractivity contribution is -0.336. The van der Waals surface area contributed by atoms with Crippen molar-refractivity contribution in [1.82, 2.24) is 0 Å². The maximum Gasteiger partial charge on any atom is 0.330 e. The molecule has 0 unspecified atom stereocenters. The van der Waals surface area contributed by atoms with Gasteiger partial charge in [0.15, 0.2) is 36.5 Å². The molecule has 111 heavy (non-hydrogen) atoms. The molecular formula is C82H130O29. The topological polar surface area (TPSA) is 472 Å². The molecule has 5 aliphatic heterocycles. The van der Waals surface area contributed by atoms with Gasteiger partial charge in [0.05, 0.1) is 121 Å². The molecular weight excluding hydrogens is 1450 g/mol. The number of esters is 2. The summed E-state index contributed by atoms with van der Waals surface area (Å²) in [5, 5.41) is 168. The molecule has 0 spiro atoms. The van der Waals surface area contributed by atoms with Crippen molar-refractivity contribution < 1.29 is 143 Å². The van der Waals surface area contributed by atoms with Gasteiger partial charge in [-0.2, -0.15) is 0 Å². The van der Waals surface area contributed by atoms with Crippen LogP contribution < -0.4 is 0 Å². The maximum atomic E-state index is 14.2. The van der Waals surface area contributed by atoms with Crippen molar-refractivity contribution in [3.63, 3.8) is 0 Å². The van der Waals surface area contributed by atoms with Crippen LogP contribution in [0.4, 0.5) is 0 Å². The highest BCUT2D eigenvalue weighted by Crippen LogP contribution is 2.41. The van der Waals surface area contributed by atoms with E-state index < -0.39 is 224 Å². The number of fused-ring (bicyclic) bond motifs is 3. The maximum absolute atomic E-state index is 14.2. The normalized spacial score (nSPS) is 40.0. The van der Waals surface area contributed by atoms with Crippen LogP contribution in [0, 0.1) is 35.5 Å². The molecule has 1 aromatic rings. The SMILES string of the molecule is CC[C@H](O[C@H]1C[C@@](C)(O)[C@H](O[C@H]2C[C@H](O)[C@H](OC(=O)[C@H](C)[C@H](O[C@H]3CC[C@H](O)[C@H](C)O3)c3ccc4c(c3)C(=O)C=C(C)C4=O)[C@H](C)O2)[C@H](C)O1)[C@H](C)[C@H](O)[C@@H](C)[C@H](O)[C@H](C)[C@H]1OC(=O)/C=C/C[C@H](O)C[C@H](O)CCC[C@@H](O)CC[C@@H](C)[C@H](O)C(=O)[C@@]2(O)C[C@@H](O)C[C@@H](C[C@@H](O)C[C@H](O)C[C@H](O)CCC[C@H](O)/C=C/[C@@H]1C)O2.